The molecule has 0 aliphatic carbocycles. The van der Waals surface area contributed by atoms with Gasteiger partial charge in [-0.05, 0) is 39.7 Å². The first-order valence-electron chi connectivity index (χ1n) is 4.10. The maximum Gasteiger partial charge on any atom is 0.206 e. The number of rotatable bonds is 3. The number of methoxy groups -OCH3 is 1. The lowest BCUT2D eigenvalue weighted by Crippen LogP contribution is -2.25. The summed E-state index contributed by atoms with van der Waals surface area (Å²) in [6, 6.07) is 5.51. The molecule has 0 aromatic heterocycles. The third-order valence-corrected chi connectivity index (χ3v) is 2.19. The van der Waals surface area contributed by atoms with Crippen LogP contribution in [-0.2, 0) is 0 Å². The molecule has 0 unspecified atom stereocenters. The van der Waals surface area contributed by atoms with Crippen molar-refractivity contribution in [1.82, 2.24) is 5.43 Å². The summed E-state index contributed by atoms with van der Waals surface area (Å²) in [5.41, 5.74) is 8.26. The van der Waals surface area contributed by atoms with Gasteiger partial charge in [-0.25, -0.2) is 5.43 Å². The number of hydrogen-bond donors (Lipinski definition) is 3. The molecule has 0 saturated carbocycles. The Hall–Kier alpha value is -1.56. The van der Waals surface area contributed by atoms with Gasteiger partial charge < -0.3 is 10.5 Å². The molecule has 0 bridgehead atoms. The van der Waals surface area contributed by atoms with Gasteiger partial charge in [0, 0.05) is 0 Å². The Bertz CT molecular complexity index is 392. The van der Waals surface area contributed by atoms with Crippen molar-refractivity contribution in [3.63, 3.8) is 0 Å². The molecule has 1 aromatic carbocycles. The zero-order valence-corrected chi connectivity index (χ0v) is 9.71. The topological polar surface area (TPSA) is 83.5 Å². The lowest BCUT2D eigenvalue weighted by molar-refractivity contribution is 0.412. The molecule has 1 rings (SSSR count). The van der Waals surface area contributed by atoms with E-state index in [9.17, 15) is 0 Å². The van der Waals surface area contributed by atoms with Crippen LogP contribution in [-0.4, -0.2) is 19.3 Å². The minimum absolute atomic E-state index is 0.196. The number of nitrogens with two attached hydrogens (primary N) is 1. The molecule has 0 amide bonds. The quantitative estimate of drug-likeness (QED) is 0.440. The lowest BCUT2D eigenvalue weighted by Gasteiger charge is -2.03. The molecular weight excluding hydrogens is 260 g/mol. The molecular formula is C9H11BrN4O. The Balaban J connectivity index is 2.75. The lowest BCUT2D eigenvalue weighted by atomic mass is 10.2. The van der Waals surface area contributed by atoms with Gasteiger partial charge in [-0.1, -0.05) is 0 Å². The SMILES string of the molecule is COc1ccc(/C=N/NC(=N)N)cc1Br. The van der Waals surface area contributed by atoms with Crippen LogP contribution in [0.5, 0.6) is 5.75 Å². The standard InChI is InChI=1S/C9H11BrN4O/c1-15-8-3-2-6(4-7(8)10)5-13-14-9(11)12/h2-5H,1H3,(H4,11,12,14)/b13-5+. The van der Waals surface area contributed by atoms with Crippen LogP contribution in [0.25, 0.3) is 0 Å². The number of guanidine groups is 1. The minimum Gasteiger partial charge on any atom is -0.496 e. The first kappa shape index (κ1) is 11.5. The molecule has 80 valence electrons. The van der Waals surface area contributed by atoms with Crippen LogP contribution >= 0.6 is 15.9 Å². The summed E-state index contributed by atoms with van der Waals surface area (Å²) in [6.07, 6.45) is 1.56. The molecule has 0 spiro atoms. The number of nitrogens with one attached hydrogen (secondary N) is 2. The van der Waals surface area contributed by atoms with Crippen LogP contribution < -0.4 is 15.9 Å². The van der Waals surface area contributed by atoms with Crippen LogP contribution in [0.1, 0.15) is 5.56 Å². The van der Waals surface area contributed by atoms with Crippen LogP contribution in [0.3, 0.4) is 0 Å². The van der Waals surface area contributed by atoms with Gasteiger partial charge in [0.05, 0.1) is 17.8 Å². The molecule has 1 aromatic rings. The minimum atomic E-state index is -0.196. The molecule has 0 radical (unpaired) electrons. The fraction of sp³-hybridized carbons (Fsp3) is 0.111. The zero-order chi connectivity index (χ0) is 11.3. The highest BCUT2D eigenvalue weighted by Crippen LogP contribution is 2.24. The summed E-state index contributed by atoms with van der Waals surface area (Å²) < 4.78 is 5.93. The maximum atomic E-state index is 6.89. The first-order valence-corrected chi connectivity index (χ1v) is 4.89. The van der Waals surface area contributed by atoms with Gasteiger partial charge in [0.2, 0.25) is 5.96 Å². The Kier molecular flexibility index (Phi) is 4.11. The van der Waals surface area contributed by atoms with Crippen molar-refractivity contribution < 1.29 is 4.74 Å². The molecule has 4 N–H and O–H groups in total. The number of ether oxygens (including phenoxy) is 1. The Morgan fingerprint density at radius 1 is 1.67 bits per heavy atom. The highest BCUT2D eigenvalue weighted by Gasteiger charge is 1.99. The predicted octanol–water partition coefficient (Wildman–Crippen LogP) is 1.27. The van der Waals surface area contributed by atoms with Gasteiger partial charge in [0.15, 0.2) is 0 Å². The van der Waals surface area contributed by atoms with Crippen molar-refractivity contribution >= 4 is 28.1 Å². The van der Waals surface area contributed by atoms with E-state index in [2.05, 4.69) is 26.5 Å². The highest BCUT2D eigenvalue weighted by molar-refractivity contribution is 9.10. The van der Waals surface area contributed by atoms with Crippen molar-refractivity contribution in [2.75, 3.05) is 7.11 Å². The van der Waals surface area contributed by atoms with E-state index in [0.717, 1.165) is 15.8 Å². The molecule has 0 aliphatic rings. The van der Waals surface area contributed by atoms with Gasteiger partial charge in [0.1, 0.15) is 5.75 Å². The third kappa shape index (κ3) is 3.59. The van der Waals surface area contributed by atoms with E-state index in [-0.39, 0.29) is 5.96 Å². The number of benzene rings is 1. The van der Waals surface area contributed by atoms with E-state index in [0.29, 0.717) is 0 Å². The Morgan fingerprint density at radius 2 is 2.40 bits per heavy atom. The molecule has 6 heteroatoms. The van der Waals surface area contributed by atoms with Gasteiger partial charge in [-0.15, -0.1) is 0 Å². The van der Waals surface area contributed by atoms with Crippen molar-refractivity contribution in [1.29, 1.82) is 5.41 Å². The molecule has 5 nitrogen and oxygen atoms in total. The Morgan fingerprint density at radius 3 is 2.93 bits per heavy atom. The highest BCUT2D eigenvalue weighted by atomic mass is 79.9. The van der Waals surface area contributed by atoms with Gasteiger partial charge >= 0.3 is 0 Å². The van der Waals surface area contributed by atoms with Crippen molar-refractivity contribution in [2.24, 2.45) is 10.8 Å². The number of hydrogen-bond acceptors (Lipinski definition) is 3. The molecule has 15 heavy (non-hydrogen) atoms. The van der Waals surface area contributed by atoms with E-state index in [1.165, 1.54) is 0 Å². The Labute approximate surface area is 95.9 Å². The summed E-state index contributed by atoms with van der Waals surface area (Å²) in [5.74, 6) is 0.561. The van der Waals surface area contributed by atoms with Gasteiger partial charge in [-0.2, -0.15) is 5.10 Å². The summed E-state index contributed by atoms with van der Waals surface area (Å²) in [5, 5.41) is 10.6. The van der Waals surface area contributed by atoms with Crippen LogP contribution in [0.2, 0.25) is 0 Å². The van der Waals surface area contributed by atoms with E-state index in [4.69, 9.17) is 15.9 Å². The number of halogens is 1. The average molecular weight is 271 g/mol. The first-order chi connectivity index (χ1) is 7.13. The summed E-state index contributed by atoms with van der Waals surface area (Å²) in [4.78, 5) is 0. The van der Waals surface area contributed by atoms with E-state index < -0.39 is 0 Å². The second kappa shape index (κ2) is 5.35. The van der Waals surface area contributed by atoms with Gasteiger partial charge in [-0.3, -0.25) is 5.41 Å². The second-order valence-corrected chi connectivity index (χ2v) is 3.53. The van der Waals surface area contributed by atoms with Crippen LogP contribution in [0, 0.1) is 5.41 Å². The average Bonchev–Trinajstić information content (AvgIpc) is 2.17. The van der Waals surface area contributed by atoms with E-state index in [1.54, 1.807) is 13.3 Å². The van der Waals surface area contributed by atoms with E-state index >= 15 is 0 Å². The maximum absolute atomic E-state index is 6.89. The molecule has 0 heterocycles. The van der Waals surface area contributed by atoms with Crippen molar-refractivity contribution in [2.45, 2.75) is 0 Å². The fourth-order valence-electron chi connectivity index (χ4n) is 0.939. The summed E-state index contributed by atoms with van der Waals surface area (Å²) in [7, 11) is 1.60. The normalized spacial score (nSPS) is 10.3. The largest absolute Gasteiger partial charge is 0.496 e. The zero-order valence-electron chi connectivity index (χ0n) is 8.12. The van der Waals surface area contributed by atoms with Crippen LogP contribution in [0.4, 0.5) is 0 Å². The number of nitrogens with zero attached hydrogens (tertiary/aromatic N) is 1. The van der Waals surface area contributed by atoms with Crippen molar-refractivity contribution in [3.8, 4) is 5.75 Å². The summed E-state index contributed by atoms with van der Waals surface area (Å²) >= 11 is 3.35. The third-order valence-electron chi connectivity index (χ3n) is 1.57. The van der Waals surface area contributed by atoms with E-state index in [1.807, 2.05) is 18.2 Å². The number of hydrazone groups is 1. The second-order valence-electron chi connectivity index (χ2n) is 2.68. The molecule has 0 atom stereocenters. The van der Waals surface area contributed by atoms with Gasteiger partial charge in [0.25, 0.3) is 0 Å². The van der Waals surface area contributed by atoms with Crippen LogP contribution in [0.15, 0.2) is 27.8 Å². The smallest absolute Gasteiger partial charge is 0.206 e. The molecule has 0 fully saturated rings. The molecule has 0 aliphatic heterocycles. The monoisotopic (exact) mass is 270 g/mol. The summed E-state index contributed by atoms with van der Waals surface area (Å²) in [6.45, 7) is 0. The predicted molar refractivity (Wildman–Crippen MR) is 63.3 cm³/mol. The molecule has 0 saturated heterocycles. The fourth-order valence-corrected chi connectivity index (χ4v) is 1.50. The van der Waals surface area contributed by atoms with Crippen molar-refractivity contribution in [3.05, 3.63) is 28.2 Å².